The van der Waals surface area contributed by atoms with Crippen LogP contribution in [0.25, 0.3) is 0 Å². The lowest BCUT2D eigenvalue weighted by molar-refractivity contribution is -0.139. The smallest absolute Gasteiger partial charge is 0.416 e. The minimum Gasteiger partial charge on any atom is -0.507 e. The highest BCUT2D eigenvalue weighted by Crippen LogP contribution is 2.45. The molecule has 154 valence electrons. The Morgan fingerprint density at radius 2 is 2.00 bits per heavy atom. The summed E-state index contributed by atoms with van der Waals surface area (Å²) < 4.78 is 50.2. The topological polar surface area (TPSA) is 93.1 Å². The Balaban J connectivity index is 1.99. The van der Waals surface area contributed by atoms with Crippen LogP contribution in [0.2, 0.25) is 5.02 Å². The van der Waals surface area contributed by atoms with Crippen LogP contribution in [0.1, 0.15) is 40.4 Å². The molecule has 0 spiro atoms. The molecule has 2 aromatic carbocycles. The van der Waals surface area contributed by atoms with Crippen LogP contribution < -0.4 is 9.47 Å². The molecule has 1 aliphatic heterocycles. The molecule has 1 unspecified atom stereocenters. The Morgan fingerprint density at radius 3 is 2.66 bits per heavy atom. The van der Waals surface area contributed by atoms with Crippen molar-refractivity contribution in [1.82, 2.24) is 0 Å². The number of phenolic OH excluding ortho intramolecular Hbond substituents is 1. The van der Waals surface area contributed by atoms with Gasteiger partial charge in [-0.1, -0.05) is 17.7 Å². The number of ketones is 1. The fourth-order valence-electron chi connectivity index (χ4n) is 2.91. The number of benzene rings is 2. The van der Waals surface area contributed by atoms with Gasteiger partial charge in [-0.2, -0.15) is 13.2 Å². The maximum Gasteiger partial charge on any atom is 0.416 e. The molecule has 2 N–H and O–H groups in total. The van der Waals surface area contributed by atoms with E-state index in [0.717, 1.165) is 18.2 Å². The van der Waals surface area contributed by atoms with Crippen LogP contribution in [-0.4, -0.2) is 28.6 Å². The number of fused-ring (bicyclic) bond motifs is 1. The summed E-state index contributed by atoms with van der Waals surface area (Å²) in [6, 6.07) is 5.21. The molecule has 0 saturated heterocycles. The second-order valence-electron chi connectivity index (χ2n) is 6.25. The first kappa shape index (κ1) is 20.8. The number of alkyl halides is 3. The number of carbonyl (C=O) groups is 2. The number of hydrogen-bond acceptors (Lipinski definition) is 5. The maximum absolute atomic E-state index is 13.1. The second kappa shape index (κ2) is 7.82. The molecule has 0 saturated carbocycles. The van der Waals surface area contributed by atoms with Crippen molar-refractivity contribution >= 4 is 23.4 Å². The van der Waals surface area contributed by atoms with E-state index in [4.69, 9.17) is 26.2 Å². The molecule has 0 fully saturated rings. The molecule has 29 heavy (non-hydrogen) atoms. The molecule has 3 rings (SSSR count). The van der Waals surface area contributed by atoms with Gasteiger partial charge in [0.2, 0.25) is 0 Å². The number of carboxylic acid groups (broad SMARTS) is 1. The standard InChI is InChI=1S/C19H14ClF3O6/c20-11-3-4-12(24)17-13(25)8-15(29-18(11)17)10-2-1-9(19(21,22)23)7-14(10)28-6-5-16(26)27/h1-4,7,15,24H,5-6,8H2,(H,26,27). The fourth-order valence-corrected chi connectivity index (χ4v) is 3.11. The molecule has 6 nitrogen and oxygen atoms in total. The molecule has 0 amide bonds. The molecular weight excluding hydrogens is 417 g/mol. The predicted molar refractivity (Wildman–Crippen MR) is 94.6 cm³/mol. The minimum absolute atomic E-state index is 0.0520. The van der Waals surface area contributed by atoms with Gasteiger partial charge in [0.1, 0.15) is 23.2 Å². The maximum atomic E-state index is 13.1. The van der Waals surface area contributed by atoms with Crippen LogP contribution in [-0.2, 0) is 11.0 Å². The van der Waals surface area contributed by atoms with Crippen molar-refractivity contribution in [1.29, 1.82) is 0 Å². The van der Waals surface area contributed by atoms with Crippen molar-refractivity contribution < 1.29 is 42.4 Å². The molecule has 2 aromatic rings. The van der Waals surface area contributed by atoms with Crippen molar-refractivity contribution in [2.24, 2.45) is 0 Å². The van der Waals surface area contributed by atoms with Crippen LogP contribution in [0.5, 0.6) is 17.2 Å². The van der Waals surface area contributed by atoms with E-state index >= 15 is 0 Å². The van der Waals surface area contributed by atoms with Crippen molar-refractivity contribution in [3.05, 3.63) is 52.0 Å². The number of ether oxygens (including phenoxy) is 2. The molecule has 10 heteroatoms. The van der Waals surface area contributed by atoms with Gasteiger partial charge in [0.05, 0.1) is 30.0 Å². The highest BCUT2D eigenvalue weighted by molar-refractivity contribution is 6.33. The number of carbonyl (C=O) groups excluding carboxylic acids is 1. The van der Waals surface area contributed by atoms with E-state index in [1.807, 2.05) is 0 Å². The lowest BCUT2D eigenvalue weighted by atomic mass is 9.94. The Hall–Kier alpha value is -2.94. The third-order valence-corrected chi connectivity index (χ3v) is 4.56. The van der Waals surface area contributed by atoms with Gasteiger partial charge in [-0.15, -0.1) is 0 Å². The quantitative estimate of drug-likeness (QED) is 0.718. The van der Waals surface area contributed by atoms with Gasteiger partial charge >= 0.3 is 12.1 Å². The number of aliphatic carboxylic acids is 1. The van der Waals surface area contributed by atoms with Crippen LogP contribution in [0, 0.1) is 0 Å². The monoisotopic (exact) mass is 430 g/mol. The first-order valence-corrected chi connectivity index (χ1v) is 8.72. The zero-order valence-electron chi connectivity index (χ0n) is 14.6. The van der Waals surface area contributed by atoms with Crippen LogP contribution in [0.4, 0.5) is 13.2 Å². The summed E-state index contributed by atoms with van der Waals surface area (Å²) >= 11 is 6.04. The number of halogens is 4. The van der Waals surface area contributed by atoms with Gasteiger partial charge in [0, 0.05) is 5.56 Å². The third kappa shape index (κ3) is 4.40. The zero-order valence-corrected chi connectivity index (χ0v) is 15.4. The molecule has 1 heterocycles. The van der Waals surface area contributed by atoms with E-state index < -0.39 is 36.0 Å². The summed E-state index contributed by atoms with van der Waals surface area (Å²) in [7, 11) is 0. The molecule has 1 atom stereocenters. The lowest BCUT2D eigenvalue weighted by Gasteiger charge is -2.28. The minimum atomic E-state index is -4.64. The second-order valence-corrected chi connectivity index (χ2v) is 6.65. The Labute approximate surface area is 167 Å². The number of aromatic hydroxyl groups is 1. The van der Waals surface area contributed by atoms with Gasteiger partial charge < -0.3 is 19.7 Å². The molecule has 1 aliphatic rings. The van der Waals surface area contributed by atoms with Crippen LogP contribution in [0.15, 0.2) is 30.3 Å². The first-order valence-electron chi connectivity index (χ1n) is 8.35. The number of Topliss-reactive ketones (excluding diaryl/α,β-unsaturated/α-hetero) is 1. The van der Waals surface area contributed by atoms with Crippen molar-refractivity contribution in [3.8, 4) is 17.2 Å². The first-order chi connectivity index (χ1) is 13.6. The van der Waals surface area contributed by atoms with Crippen LogP contribution >= 0.6 is 11.6 Å². The summed E-state index contributed by atoms with van der Waals surface area (Å²) in [5.74, 6) is -2.34. The number of carboxylic acids is 1. The molecule has 0 bridgehead atoms. The fraction of sp³-hybridized carbons (Fsp3) is 0.263. The molecule has 0 aliphatic carbocycles. The van der Waals surface area contributed by atoms with E-state index in [1.54, 1.807) is 0 Å². The van der Waals surface area contributed by atoms with Crippen molar-refractivity contribution in [2.75, 3.05) is 6.61 Å². The normalized spacial score (nSPS) is 16.1. The highest BCUT2D eigenvalue weighted by atomic mass is 35.5. The van der Waals surface area contributed by atoms with E-state index in [-0.39, 0.29) is 46.4 Å². The molecule has 0 aromatic heterocycles. The average Bonchev–Trinajstić information content (AvgIpc) is 2.63. The summed E-state index contributed by atoms with van der Waals surface area (Å²) in [5.41, 5.74) is -0.972. The Bertz CT molecular complexity index is 973. The number of phenols is 1. The van der Waals surface area contributed by atoms with Crippen LogP contribution in [0.3, 0.4) is 0 Å². The number of hydrogen-bond donors (Lipinski definition) is 2. The summed E-state index contributed by atoms with van der Waals surface area (Å²) in [6.45, 7) is -0.373. The van der Waals surface area contributed by atoms with Crippen molar-refractivity contribution in [3.63, 3.8) is 0 Å². The lowest BCUT2D eigenvalue weighted by Crippen LogP contribution is -2.22. The highest BCUT2D eigenvalue weighted by Gasteiger charge is 2.36. The van der Waals surface area contributed by atoms with Gasteiger partial charge in [-0.05, 0) is 24.3 Å². The molecular formula is C19H14ClF3O6. The van der Waals surface area contributed by atoms with E-state index in [2.05, 4.69) is 0 Å². The Morgan fingerprint density at radius 1 is 1.28 bits per heavy atom. The summed E-state index contributed by atoms with van der Waals surface area (Å²) in [6.07, 6.45) is -6.38. The summed E-state index contributed by atoms with van der Waals surface area (Å²) in [4.78, 5) is 23.2. The largest absolute Gasteiger partial charge is 0.507 e. The van der Waals surface area contributed by atoms with E-state index in [9.17, 15) is 27.9 Å². The molecule has 0 radical (unpaired) electrons. The van der Waals surface area contributed by atoms with Crippen molar-refractivity contribution in [2.45, 2.75) is 25.1 Å². The van der Waals surface area contributed by atoms with Gasteiger partial charge in [0.25, 0.3) is 0 Å². The van der Waals surface area contributed by atoms with Gasteiger partial charge in [-0.3, -0.25) is 9.59 Å². The van der Waals surface area contributed by atoms with E-state index in [1.165, 1.54) is 12.1 Å². The number of rotatable bonds is 5. The van der Waals surface area contributed by atoms with Gasteiger partial charge in [0.15, 0.2) is 11.5 Å². The average molecular weight is 431 g/mol. The Kier molecular flexibility index (Phi) is 5.61. The van der Waals surface area contributed by atoms with Gasteiger partial charge in [-0.25, -0.2) is 0 Å². The zero-order chi connectivity index (χ0) is 21.3. The summed E-state index contributed by atoms with van der Waals surface area (Å²) in [5, 5.41) is 18.7. The SMILES string of the molecule is O=C(O)CCOc1cc(C(F)(F)F)ccc1C1CC(=O)c2c(O)ccc(Cl)c2O1. The predicted octanol–water partition coefficient (Wildman–Crippen LogP) is 4.62. The van der Waals surface area contributed by atoms with E-state index in [0.29, 0.717) is 0 Å². The third-order valence-electron chi connectivity index (χ3n) is 4.26.